The van der Waals surface area contributed by atoms with Crippen LogP contribution in [0, 0.1) is 0 Å². The lowest BCUT2D eigenvalue weighted by molar-refractivity contribution is 0.324. The zero-order valence-corrected chi connectivity index (χ0v) is 8.21. The van der Waals surface area contributed by atoms with E-state index in [1.807, 2.05) is 0 Å². The van der Waals surface area contributed by atoms with Gasteiger partial charge >= 0.3 is 0 Å². The maximum Gasteiger partial charge on any atom is 0.0135 e. The van der Waals surface area contributed by atoms with Crippen molar-refractivity contribution in [2.45, 2.75) is 25.8 Å². The van der Waals surface area contributed by atoms with Crippen molar-refractivity contribution >= 4 is 0 Å². The Balaban J connectivity index is 1.87. The zero-order valence-electron chi connectivity index (χ0n) is 8.21. The molecule has 1 N–H and O–H groups in total. The summed E-state index contributed by atoms with van der Waals surface area (Å²) in [6.07, 6.45) is 7.05. The second-order valence-electron chi connectivity index (χ2n) is 3.48. The Kier molecular flexibility index (Phi) is 4.33. The lowest BCUT2D eigenvalue weighted by Crippen LogP contribution is -2.30. The monoisotopic (exact) mass is 168 g/mol. The molecular weight excluding hydrogens is 148 g/mol. The molecule has 0 spiro atoms. The van der Waals surface area contributed by atoms with Crippen LogP contribution in [0.3, 0.4) is 0 Å². The Morgan fingerprint density at radius 1 is 1.50 bits per heavy atom. The van der Waals surface area contributed by atoms with Crippen molar-refractivity contribution in [1.29, 1.82) is 0 Å². The van der Waals surface area contributed by atoms with Gasteiger partial charge in [-0.2, -0.15) is 0 Å². The molecule has 0 aromatic rings. The molecule has 12 heavy (non-hydrogen) atoms. The molecule has 0 unspecified atom stereocenters. The minimum atomic E-state index is 0.897. The molecule has 2 heteroatoms. The van der Waals surface area contributed by atoms with Crippen LogP contribution in [0.25, 0.3) is 0 Å². The highest BCUT2D eigenvalue weighted by Crippen LogP contribution is 2.24. The first-order valence-electron chi connectivity index (χ1n) is 4.86. The van der Waals surface area contributed by atoms with E-state index in [4.69, 9.17) is 0 Å². The molecule has 0 amide bonds. The van der Waals surface area contributed by atoms with Gasteiger partial charge in [0.1, 0.15) is 0 Å². The van der Waals surface area contributed by atoms with Gasteiger partial charge in [-0.25, -0.2) is 0 Å². The van der Waals surface area contributed by atoms with Gasteiger partial charge in [0.15, 0.2) is 0 Å². The summed E-state index contributed by atoms with van der Waals surface area (Å²) in [4.78, 5) is 2.45. The number of nitrogens with one attached hydrogen (secondary N) is 1. The van der Waals surface area contributed by atoms with Crippen LogP contribution in [0.5, 0.6) is 0 Å². The molecular formula is C10H20N2. The standard InChI is InChI=1S/C10H20N2/c1-3-4-7-11-8-9-12(2)10-5-6-10/h3-4,10-11H,5-9H2,1-2H3/b4-3+. The Morgan fingerprint density at radius 2 is 2.25 bits per heavy atom. The third-order valence-corrected chi connectivity index (χ3v) is 2.31. The van der Waals surface area contributed by atoms with Gasteiger partial charge in [0, 0.05) is 25.7 Å². The lowest BCUT2D eigenvalue weighted by atomic mass is 10.4. The van der Waals surface area contributed by atoms with Crippen molar-refractivity contribution in [1.82, 2.24) is 10.2 Å². The smallest absolute Gasteiger partial charge is 0.0135 e. The van der Waals surface area contributed by atoms with Gasteiger partial charge in [0.2, 0.25) is 0 Å². The molecule has 2 nitrogen and oxygen atoms in total. The van der Waals surface area contributed by atoms with Crippen LogP contribution in [-0.4, -0.2) is 37.6 Å². The normalized spacial score (nSPS) is 17.9. The predicted molar refractivity (Wildman–Crippen MR) is 53.3 cm³/mol. The van der Waals surface area contributed by atoms with E-state index in [0.29, 0.717) is 0 Å². The number of hydrogen-bond donors (Lipinski definition) is 1. The van der Waals surface area contributed by atoms with Crippen LogP contribution in [0.4, 0.5) is 0 Å². The van der Waals surface area contributed by atoms with Crippen LogP contribution in [0.15, 0.2) is 12.2 Å². The van der Waals surface area contributed by atoms with E-state index in [0.717, 1.165) is 19.1 Å². The minimum Gasteiger partial charge on any atom is -0.312 e. The molecule has 0 aromatic carbocycles. The molecule has 0 saturated heterocycles. The van der Waals surface area contributed by atoms with E-state index in [-0.39, 0.29) is 0 Å². The quantitative estimate of drug-likeness (QED) is 0.474. The summed E-state index contributed by atoms with van der Waals surface area (Å²) in [5, 5.41) is 3.37. The van der Waals surface area contributed by atoms with Crippen molar-refractivity contribution < 1.29 is 0 Å². The van der Waals surface area contributed by atoms with E-state index < -0.39 is 0 Å². The second kappa shape index (κ2) is 5.33. The largest absolute Gasteiger partial charge is 0.312 e. The molecule has 0 aromatic heterocycles. The van der Waals surface area contributed by atoms with E-state index in [1.165, 1.54) is 19.4 Å². The number of nitrogens with zero attached hydrogens (tertiary/aromatic N) is 1. The van der Waals surface area contributed by atoms with Crippen LogP contribution in [-0.2, 0) is 0 Å². The molecule has 1 fully saturated rings. The SMILES string of the molecule is C/C=C/CNCCN(C)C1CC1. The van der Waals surface area contributed by atoms with Crippen LogP contribution in [0.1, 0.15) is 19.8 Å². The third-order valence-electron chi connectivity index (χ3n) is 2.31. The van der Waals surface area contributed by atoms with E-state index >= 15 is 0 Å². The molecule has 0 radical (unpaired) electrons. The fraction of sp³-hybridized carbons (Fsp3) is 0.800. The number of likely N-dealkylation sites (N-methyl/N-ethyl adjacent to an activating group) is 1. The van der Waals surface area contributed by atoms with Gasteiger partial charge in [-0.05, 0) is 26.8 Å². The molecule has 1 aliphatic rings. The van der Waals surface area contributed by atoms with Gasteiger partial charge in [-0.3, -0.25) is 0 Å². The summed E-state index contributed by atoms with van der Waals surface area (Å²) >= 11 is 0. The highest BCUT2D eigenvalue weighted by Gasteiger charge is 2.25. The highest BCUT2D eigenvalue weighted by atomic mass is 15.2. The average Bonchev–Trinajstić information content (AvgIpc) is 2.86. The van der Waals surface area contributed by atoms with Gasteiger partial charge in [0.25, 0.3) is 0 Å². The van der Waals surface area contributed by atoms with Crippen molar-refractivity contribution in [2.75, 3.05) is 26.7 Å². The Morgan fingerprint density at radius 3 is 2.83 bits per heavy atom. The van der Waals surface area contributed by atoms with Crippen molar-refractivity contribution in [3.63, 3.8) is 0 Å². The predicted octanol–water partition coefficient (Wildman–Crippen LogP) is 1.25. The van der Waals surface area contributed by atoms with Gasteiger partial charge in [0.05, 0.1) is 0 Å². The molecule has 1 rings (SSSR count). The second-order valence-corrected chi connectivity index (χ2v) is 3.48. The van der Waals surface area contributed by atoms with Crippen molar-refractivity contribution in [3.05, 3.63) is 12.2 Å². The Bertz CT molecular complexity index is 139. The number of allylic oxidation sites excluding steroid dienone is 1. The molecule has 0 bridgehead atoms. The lowest BCUT2D eigenvalue weighted by Gasteiger charge is -2.14. The summed E-state index contributed by atoms with van der Waals surface area (Å²) in [7, 11) is 2.22. The van der Waals surface area contributed by atoms with E-state index in [9.17, 15) is 0 Å². The van der Waals surface area contributed by atoms with E-state index in [1.54, 1.807) is 0 Å². The van der Waals surface area contributed by atoms with Crippen molar-refractivity contribution in [3.8, 4) is 0 Å². The average molecular weight is 168 g/mol. The summed E-state index contributed by atoms with van der Waals surface area (Å²) in [5.74, 6) is 0. The van der Waals surface area contributed by atoms with Crippen molar-refractivity contribution in [2.24, 2.45) is 0 Å². The first-order valence-corrected chi connectivity index (χ1v) is 4.86. The van der Waals surface area contributed by atoms with Gasteiger partial charge in [-0.1, -0.05) is 12.2 Å². The Hall–Kier alpha value is -0.340. The van der Waals surface area contributed by atoms with Crippen LogP contribution >= 0.6 is 0 Å². The summed E-state index contributed by atoms with van der Waals surface area (Å²) in [6.45, 7) is 5.35. The third kappa shape index (κ3) is 3.88. The number of hydrogen-bond acceptors (Lipinski definition) is 2. The first kappa shape index (κ1) is 9.75. The minimum absolute atomic E-state index is 0.897. The Labute approximate surface area is 75.6 Å². The fourth-order valence-electron chi connectivity index (χ4n) is 1.26. The zero-order chi connectivity index (χ0) is 8.81. The van der Waals surface area contributed by atoms with Gasteiger partial charge in [-0.15, -0.1) is 0 Å². The summed E-state index contributed by atoms with van der Waals surface area (Å²) in [6, 6.07) is 0.897. The molecule has 0 aliphatic heterocycles. The topological polar surface area (TPSA) is 15.3 Å². The first-order chi connectivity index (χ1) is 5.84. The van der Waals surface area contributed by atoms with Gasteiger partial charge < -0.3 is 10.2 Å². The highest BCUT2D eigenvalue weighted by molar-refractivity contribution is 4.83. The van der Waals surface area contributed by atoms with Crippen LogP contribution < -0.4 is 5.32 Å². The molecule has 0 heterocycles. The van der Waals surface area contributed by atoms with E-state index in [2.05, 4.69) is 36.3 Å². The maximum atomic E-state index is 3.37. The summed E-state index contributed by atoms with van der Waals surface area (Å²) in [5.41, 5.74) is 0. The molecule has 0 atom stereocenters. The van der Waals surface area contributed by atoms with Crippen LogP contribution in [0.2, 0.25) is 0 Å². The molecule has 70 valence electrons. The number of rotatable bonds is 6. The molecule has 1 aliphatic carbocycles. The molecule has 1 saturated carbocycles. The fourth-order valence-corrected chi connectivity index (χ4v) is 1.26. The summed E-state index contributed by atoms with van der Waals surface area (Å²) < 4.78 is 0. The maximum absolute atomic E-state index is 3.37.